The lowest BCUT2D eigenvalue weighted by Gasteiger charge is -2.32. The molecular formula is C19H23NO2. The Labute approximate surface area is 132 Å². The molecule has 0 bridgehead atoms. The Balaban J connectivity index is 1.50. The minimum atomic E-state index is 0.137. The zero-order chi connectivity index (χ0) is 15.2. The molecule has 1 aliphatic rings. The van der Waals surface area contributed by atoms with E-state index in [0.717, 1.165) is 32.0 Å². The van der Waals surface area contributed by atoms with Crippen LogP contribution in [0.15, 0.2) is 54.6 Å². The molecule has 22 heavy (non-hydrogen) atoms. The normalized spacial score (nSPS) is 19.0. The number of hydrogen-bond donors (Lipinski definition) is 0. The lowest BCUT2D eigenvalue weighted by Crippen LogP contribution is -2.44. The smallest absolute Gasteiger partial charge is 0.119 e. The predicted octanol–water partition coefficient (Wildman–Crippen LogP) is 3.27. The summed E-state index contributed by atoms with van der Waals surface area (Å²) in [7, 11) is 0. The van der Waals surface area contributed by atoms with Crippen molar-refractivity contribution in [1.29, 1.82) is 0 Å². The number of nitrogens with zero attached hydrogens (tertiary/aromatic N) is 1. The van der Waals surface area contributed by atoms with Crippen molar-refractivity contribution in [3.8, 4) is 5.75 Å². The summed E-state index contributed by atoms with van der Waals surface area (Å²) in [5, 5.41) is 0. The Kier molecular flexibility index (Phi) is 5.09. The van der Waals surface area contributed by atoms with E-state index >= 15 is 0 Å². The van der Waals surface area contributed by atoms with Gasteiger partial charge in [-0.25, -0.2) is 0 Å². The summed E-state index contributed by atoms with van der Waals surface area (Å²) < 4.78 is 11.7. The fraction of sp³-hybridized carbons (Fsp3) is 0.368. The molecule has 1 unspecified atom stereocenters. The molecule has 0 aliphatic carbocycles. The Morgan fingerprint density at radius 2 is 2.00 bits per heavy atom. The van der Waals surface area contributed by atoms with Gasteiger partial charge in [0.2, 0.25) is 0 Å². The fourth-order valence-corrected chi connectivity index (χ4v) is 2.76. The van der Waals surface area contributed by atoms with Gasteiger partial charge in [0.1, 0.15) is 18.5 Å². The zero-order valence-corrected chi connectivity index (χ0v) is 13.1. The van der Waals surface area contributed by atoms with Crippen molar-refractivity contribution >= 4 is 0 Å². The highest BCUT2D eigenvalue weighted by atomic mass is 16.5. The number of morpholine rings is 1. The molecule has 3 rings (SSSR count). The van der Waals surface area contributed by atoms with Crippen molar-refractivity contribution in [1.82, 2.24) is 4.90 Å². The van der Waals surface area contributed by atoms with E-state index in [4.69, 9.17) is 9.47 Å². The molecule has 2 aromatic rings. The maximum absolute atomic E-state index is 5.87. The Morgan fingerprint density at radius 1 is 1.14 bits per heavy atom. The maximum atomic E-state index is 5.87. The van der Waals surface area contributed by atoms with Gasteiger partial charge in [-0.3, -0.25) is 4.90 Å². The Morgan fingerprint density at radius 3 is 2.82 bits per heavy atom. The van der Waals surface area contributed by atoms with Gasteiger partial charge in [0, 0.05) is 19.6 Å². The Hall–Kier alpha value is -1.84. The molecule has 116 valence electrons. The van der Waals surface area contributed by atoms with E-state index in [2.05, 4.69) is 54.3 Å². The van der Waals surface area contributed by atoms with Crippen LogP contribution in [0.2, 0.25) is 0 Å². The maximum Gasteiger partial charge on any atom is 0.119 e. The van der Waals surface area contributed by atoms with Crippen molar-refractivity contribution in [2.45, 2.75) is 19.6 Å². The van der Waals surface area contributed by atoms with Crippen LogP contribution in [0.3, 0.4) is 0 Å². The van der Waals surface area contributed by atoms with Crippen LogP contribution in [0.1, 0.15) is 11.1 Å². The summed E-state index contributed by atoms with van der Waals surface area (Å²) in [5.74, 6) is 0.920. The van der Waals surface area contributed by atoms with Gasteiger partial charge in [-0.05, 0) is 30.2 Å². The first-order valence-corrected chi connectivity index (χ1v) is 7.87. The first-order chi connectivity index (χ1) is 10.8. The van der Waals surface area contributed by atoms with Gasteiger partial charge in [0.05, 0.1) is 6.61 Å². The summed E-state index contributed by atoms with van der Waals surface area (Å²) in [6.07, 6.45) is 0.137. The minimum absolute atomic E-state index is 0.137. The summed E-state index contributed by atoms with van der Waals surface area (Å²) >= 11 is 0. The quantitative estimate of drug-likeness (QED) is 0.845. The van der Waals surface area contributed by atoms with Crippen molar-refractivity contribution < 1.29 is 9.47 Å². The SMILES string of the molecule is Cc1cccc(OCC2CN(Cc3ccccc3)CCO2)c1. The van der Waals surface area contributed by atoms with Crippen LogP contribution in [0, 0.1) is 6.92 Å². The van der Waals surface area contributed by atoms with Crippen LogP contribution in [-0.4, -0.2) is 37.3 Å². The lowest BCUT2D eigenvalue weighted by molar-refractivity contribution is -0.0504. The number of ether oxygens (including phenoxy) is 2. The summed E-state index contributed by atoms with van der Waals surface area (Å²) in [6, 6.07) is 18.7. The largest absolute Gasteiger partial charge is 0.491 e. The zero-order valence-electron chi connectivity index (χ0n) is 13.1. The third-order valence-corrected chi connectivity index (χ3v) is 3.90. The van der Waals surface area contributed by atoms with Crippen LogP contribution in [0.25, 0.3) is 0 Å². The van der Waals surface area contributed by atoms with E-state index in [1.165, 1.54) is 11.1 Å². The van der Waals surface area contributed by atoms with Crippen LogP contribution in [0.4, 0.5) is 0 Å². The molecule has 1 fully saturated rings. The molecule has 0 N–H and O–H groups in total. The summed E-state index contributed by atoms with van der Waals surface area (Å²) in [6.45, 7) is 6.33. The highest BCUT2D eigenvalue weighted by molar-refractivity contribution is 5.27. The van der Waals surface area contributed by atoms with Crippen LogP contribution >= 0.6 is 0 Å². The van der Waals surface area contributed by atoms with Gasteiger partial charge in [-0.15, -0.1) is 0 Å². The molecule has 3 nitrogen and oxygen atoms in total. The van der Waals surface area contributed by atoms with E-state index in [-0.39, 0.29) is 6.10 Å². The first-order valence-electron chi connectivity index (χ1n) is 7.87. The minimum Gasteiger partial charge on any atom is -0.491 e. The van der Waals surface area contributed by atoms with E-state index < -0.39 is 0 Å². The molecule has 0 amide bonds. The molecule has 0 radical (unpaired) electrons. The topological polar surface area (TPSA) is 21.7 Å². The second kappa shape index (κ2) is 7.43. The Bertz CT molecular complexity index is 585. The highest BCUT2D eigenvalue weighted by Gasteiger charge is 2.21. The van der Waals surface area contributed by atoms with E-state index in [9.17, 15) is 0 Å². The van der Waals surface area contributed by atoms with Crippen LogP contribution < -0.4 is 4.74 Å². The number of rotatable bonds is 5. The van der Waals surface area contributed by atoms with Gasteiger partial charge >= 0.3 is 0 Å². The monoisotopic (exact) mass is 297 g/mol. The van der Waals surface area contributed by atoms with E-state index in [1.807, 2.05) is 12.1 Å². The van der Waals surface area contributed by atoms with Crippen LogP contribution in [-0.2, 0) is 11.3 Å². The lowest BCUT2D eigenvalue weighted by atomic mass is 10.2. The molecular weight excluding hydrogens is 274 g/mol. The first kappa shape index (κ1) is 15.1. The number of aryl methyl sites for hydroxylation is 1. The molecule has 3 heteroatoms. The van der Waals surface area contributed by atoms with Crippen molar-refractivity contribution in [2.75, 3.05) is 26.3 Å². The molecule has 0 saturated carbocycles. The molecule has 1 atom stereocenters. The summed E-state index contributed by atoms with van der Waals surface area (Å²) in [4.78, 5) is 2.43. The highest BCUT2D eigenvalue weighted by Crippen LogP contribution is 2.15. The number of hydrogen-bond acceptors (Lipinski definition) is 3. The average Bonchev–Trinajstić information content (AvgIpc) is 2.54. The molecule has 0 spiro atoms. The summed E-state index contributed by atoms with van der Waals surface area (Å²) in [5.41, 5.74) is 2.57. The van der Waals surface area contributed by atoms with Gasteiger partial charge < -0.3 is 9.47 Å². The van der Waals surface area contributed by atoms with Gasteiger partial charge in [0.15, 0.2) is 0 Å². The predicted molar refractivity (Wildman–Crippen MR) is 88.1 cm³/mol. The molecule has 1 saturated heterocycles. The third kappa shape index (κ3) is 4.33. The van der Waals surface area contributed by atoms with Crippen molar-refractivity contribution in [2.24, 2.45) is 0 Å². The fourth-order valence-electron chi connectivity index (χ4n) is 2.76. The third-order valence-electron chi connectivity index (χ3n) is 3.90. The molecule has 2 aromatic carbocycles. The molecule has 1 heterocycles. The van der Waals surface area contributed by atoms with Gasteiger partial charge in [-0.2, -0.15) is 0 Å². The van der Waals surface area contributed by atoms with Gasteiger partial charge in [-0.1, -0.05) is 42.5 Å². The standard InChI is InChI=1S/C19H23NO2/c1-16-6-5-9-18(12-16)22-15-19-14-20(10-11-21-19)13-17-7-3-2-4-8-17/h2-9,12,19H,10-11,13-15H2,1H3. The molecule has 0 aromatic heterocycles. The van der Waals surface area contributed by atoms with Crippen LogP contribution in [0.5, 0.6) is 5.75 Å². The van der Waals surface area contributed by atoms with E-state index in [1.54, 1.807) is 0 Å². The van der Waals surface area contributed by atoms with Crippen molar-refractivity contribution in [3.63, 3.8) is 0 Å². The second-order valence-electron chi connectivity index (χ2n) is 5.84. The van der Waals surface area contributed by atoms with E-state index in [0.29, 0.717) is 6.61 Å². The van der Waals surface area contributed by atoms with Gasteiger partial charge in [0.25, 0.3) is 0 Å². The average molecular weight is 297 g/mol. The van der Waals surface area contributed by atoms with Crippen molar-refractivity contribution in [3.05, 3.63) is 65.7 Å². The molecule has 1 aliphatic heterocycles. The number of benzene rings is 2. The second-order valence-corrected chi connectivity index (χ2v) is 5.84.